The zero-order chi connectivity index (χ0) is 12.1. The molecule has 2 unspecified atom stereocenters. The first-order valence-electron chi connectivity index (χ1n) is 5.42. The maximum atomic E-state index is 13.5. The summed E-state index contributed by atoms with van der Waals surface area (Å²) in [5, 5.41) is 3.18. The van der Waals surface area contributed by atoms with Crippen molar-refractivity contribution in [3.8, 4) is 0 Å². The van der Waals surface area contributed by atoms with Crippen LogP contribution in [-0.4, -0.2) is 6.04 Å². The minimum atomic E-state index is -0.414. The van der Waals surface area contributed by atoms with Crippen molar-refractivity contribution in [3.05, 3.63) is 48.1 Å². The van der Waals surface area contributed by atoms with Crippen molar-refractivity contribution >= 4 is 0 Å². The van der Waals surface area contributed by atoms with E-state index in [0.29, 0.717) is 12.0 Å². The first-order valence-corrected chi connectivity index (χ1v) is 5.42. The lowest BCUT2D eigenvalue weighted by Crippen LogP contribution is -2.29. The highest BCUT2D eigenvalue weighted by Crippen LogP contribution is 2.21. The zero-order valence-electron chi connectivity index (χ0n) is 9.63. The van der Waals surface area contributed by atoms with Crippen molar-refractivity contribution in [1.82, 2.24) is 5.32 Å². The Balaban J connectivity index is 2.93. The highest BCUT2D eigenvalue weighted by molar-refractivity contribution is 5.22. The summed E-state index contributed by atoms with van der Waals surface area (Å²) in [5.41, 5.74) is 0.371. The highest BCUT2D eigenvalue weighted by Gasteiger charge is 2.15. The third kappa shape index (κ3) is 3.14. The van der Waals surface area contributed by atoms with E-state index in [-0.39, 0.29) is 17.9 Å². The van der Waals surface area contributed by atoms with Gasteiger partial charge in [0.1, 0.15) is 11.6 Å². The summed E-state index contributed by atoms with van der Waals surface area (Å²) >= 11 is 0. The van der Waals surface area contributed by atoms with E-state index in [1.165, 1.54) is 6.07 Å². The maximum absolute atomic E-state index is 13.5. The molecule has 0 saturated carbocycles. The fraction of sp³-hybridized carbons (Fsp3) is 0.385. The minimum absolute atomic E-state index is 0.0626. The Kier molecular flexibility index (Phi) is 4.62. The Hall–Kier alpha value is -1.22. The van der Waals surface area contributed by atoms with Crippen LogP contribution in [-0.2, 0) is 0 Å². The highest BCUT2D eigenvalue weighted by atomic mass is 19.1. The molecule has 0 aliphatic carbocycles. The van der Waals surface area contributed by atoms with Crippen molar-refractivity contribution in [2.24, 2.45) is 0 Å². The summed E-state index contributed by atoms with van der Waals surface area (Å²) in [6.07, 6.45) is 2.43. The van der Waals surface area contributed by atoms with Gasteiger partial charge >= 0.3 is 0 Å². The molecule has 0 spiro atoms. The van der Waals surface area contributed by atoms with Gasteiger partial charge in [0, 0.05) is 17.6 Å². The van der Waals surface area contributed by atoms with Crippen LogP contribution < -0.4 is 5.32 Å². The van der Waals surface area contributed by atoms with Crippen LogP contribution in [0.2, 0.25) is 0 Å². The van der Waals surface area contributed by atoms with Gasteiger partial charge in [-0.3, -0.25) is 0 Å². The summed E-state index contributed by atoms with van der Waals surface area (Å²) in [5.74, 6) is -0.792. The lowest BCUT2D eigenvalue weighted by atomic mass is 10.0. The van der Waals surface area contributed by atoms with Gasteiger partial charge in [0.25, 0.3) is 0 Å². The molecule has 88 valence electrons. The molecule has 0 bridgehead atoms. The van der Waals surface area contributed by atoms with Gasteiger partial charge in [-0.1, -0.05) is 13.0 Å². The fourth-order valence-electron chi connectivity index (χ4n) is 1.59. The second-order valence-electron chi connectivity index (χ2n) is 3.82. The molecule has 1 aromatic rings. The molecule has 0 saturated heterocycles. The molecule has 1 aromatic carbocycles. The van der Waals surface area contributed by atoms with Crippen LogP contribution >= 0.6 is 0 Å². The van der Waals surface area contributed by atoms with E-state index >= 15 is 0 Å². The van der Waals surface area contributed by atoms with E-state index in [4.69, 9.17) is 0 Å². The molecule has 0 heterocycles. The van der Waals surface area contributed by atoms with Crippen LogP contribution in [0.4, 0.5) is 8.78 Å². The van der Waals surface area contributed by atoms with Crippen molar-refractivity contribution in [1.29, 1.82) is 0 Å². The van der Waals surface area contributed by atoms with Gasteiger partial charge in [0.15, 0.2) is 0 Å². The maximum Gasteiger partial charge on any atom is 0.128 e. The standard InChI is InChI=1S/C13H17F2N/c1-4-9(3)16-13(5-2)11-8-10(14)6-7-12(11)15/h4,6-9,13,16H,1,5H2,2-3H3. The van der Waals surface area contributed by atoms with Crippen LogP contribution in [0.25, 0.3) is 0 Å². The SMILES string of the molecule is C=CC(C)NC(CC)c1cc(F)ccc1F. The van der Waals surface area contributed by atoms with E-state index < -0.39 is 5.82 Å². The summed E-state index contributed by atoms with van der Waals surface area (Å²) in [6, 6.07) is 3.40. The number of nitrogens with one attached hydrogen (secondary N) is 1. The summed E-state index contributed by atoms with van der Waals surface area (Å²) < 4.78 is 26.6. The molecule has 2 atom stereocenters. The molecule has 1 nitrogen and oxygen atoms in total. The summed E-state index contributed by atoms with van der Waals surface area (Å²) in [7, 11) is 0. The van der Waals surface area contributed by atoms with Gasteiger partial charge in [-0.25, -0.2) is 8.78 Å². The Morgan fingerprint density at radius 1 is 1.44 bits per heavy atom. The molecule has 0 aromatic heterocycles. The number of halogens is 2. The van der Waals surface area contributed by atoms with E-state index in [9.17, 15) is 8.78 Å². The van der Waals surface area contributed by atoms with Gasteiger partial charge in [0.05, 0.1) is 0 Å². The van der Waals surface area contributed by atoms with Crippen molar-refractivity contribution < 1.29 is 8.78 Å². The van der Waals surface area contributed by atoms with Gasteiger partial charge < -0.3 is 5.32 Å². The Morgan fingerprint density at radius 3 is 2.69 bits per heavy atom. The summed E-state index contributed by atoms with van der Waals surface area (Å²) in [4.78, 5) is 0. The topological polar surface area (TPSA) is 12.0 Å². The van der Waals surface area contributed by atoms with Gasteiger partial charge in [-0.15, -0.1) is 6.58 Å². The molecule has 0 aliphatic rings. The van der Waals surface area contributed by atoms with E-state index in [1.807, 2.05) is 13.8 Å². The monoisotopic (exact) mass is 225 g/mol. The normalized spacial score (nSPS) is 14.5. The molecule has 0 radical (unpaired) electrons. The molecule has 16 heavy (non-hydrogen) atoms. The Labute approximate surface area is 95.2 Å². The fourth-order valence-corrected chi connectivity index (χ4v) is 1.59. The van der Waals surface area contributed by atoms with Gasteiger partial charge in [-0.2, -0.15) is 0 Å². The largest absolute Gasteiger partial charge is 0.304 e. The number of rotatable bonds is 5. The predicted octanol–water partition coefficient (Wildman–Crippen LogP) is 3.58. The number of hydrogen-bond donors (Lipinski definition) is 1. The van der Waals surface area contributed by atoms with Crippen LogP contribution in [0, 0.1) is 11.6 Å². The second-order valence-corrected chi connectivity index (χ2v) is 3.82. The smallest absolute Gasteiger partial charge is 0.128 e. The van der Waals surface area contributed by atoms with Gasteiger partial charge in [-0.05, 0) is 31.5 Å². The molecule has 3 heteroatoms. The van der Waals surface area contributed by atoms with Gasteiger partial charge in [0.2, 0.25) is 0 Å². The molecule has 0 amide bonds. The van der Waals surface area contributed by atoms with E-state index in [2.05, 4.69) is 11.9 Å². The molecule has 0 fully saturated rings. The predicted molar refractivity (Wildman–Crippen MR) is 62.2 cm³/mol. The van der Waals surface area contributed by atoms with Crippen LogP contribution in [0.5, 0.6) is 0 Å². The molecule has 1 N–H and O–H groups in total. The van der Waals surface area contributed by atoms with Crippen LogP contribution in [0.1, 0.15) is 31.9 Å². The number of benzene rings is 1. The van der Waals surface area contributed by atoms with Crippen molar-refractivity contribution in [2.45, 2.75) is 32.4 Å². The zero-order valence-corrected chi connectivity index (χ0v) is 9.63. The molecular formula is C13H17F2N. The molecule has 0 aliphatic heterocycles. The average Bonchev–Trinajstić information content (AvgIpc) is 2.29. The van der Waals surface area contributed by atoms with Crippen LogP contribution in [0.3, 0.4) is 0 Å². The third-order valence-corrected chi connectivity index (χ3v) is 2.56. The lowest BCUT2D eigenvalue weighted by Gasteiger charge is -2.21. The third-order valence-electron chi connectivity index (χ3n) is 2.56. The Morgan fingerprint density at radius 2 is 2.12 bits per heavy atom. The van der Waals surface area contributed by atoms with Crippen molar-refractivity contribution in [2.75, 3.05) is 0 Å². The molecule has 1 rings (SSSR count). The van der Waals surface area contributed by atoms with E-state index in [1.54, 1.807) is 6.08 Å². The van der Waals surface area contributed by atoms with Crippen LogP contribution in [0.15, 0.2) is 30.9 Å². The first-order chi connectivity index (χ1) is 7.58. The Bertz CT molecular complexity index is 363. The average molecular weight is 225 g/mol. The summed E-state index contributed by atoms with van der Waals surface area (Å²) in [6.45, 7) is 7.50. The molecular weight excluding hydrogens is 208 g/mol. The number of hydrogen-bond acceptors (Lipinski definition) is 1. The lowest BCUT2D eigenvalue weighted by molar-refractivity contribution is 0.462. The quantitative estimate of drug-likeness (QED) is 0.755. The minimum Gasteiger partial charge on any atom is -0.304 e. The van der Waals surface area contributed by atoms with E-state index in [0.717, 1.165) is 12.1 Å². The second kappa shape index (κ2) is 5.75. The van der Waals surface area contributed by atoms with Crippen molar-refractivity contribution in [3.63, 3.8) is 0 Å². The first kappa shape index (κ1) is 12.8.